The first-order valence-electron chi connectivity index (χ1n) is 4.76. The summed E-state index contributed by atoms with van der Waals surface area (Å²) in [5.74, 6) is 0.0789. The van der Waals surface area contributed by atoms with Crippen LogP contribution in [0.15, 0.2) is 30.4 Å². The third kappa shape index (κ3) is 4.06. The molecular weight excluding hydrogens is 231 g/mol. The van der Waals surface area contributed by atoms with Crippen molar-refractivity contribution in [3.8, 4) is 0 Å². The van der Waals surface area contributed by atoms with E-state index in [9.17, 15) is 4.79 Å². The molecule has 1 nitrogen and oxygen atoms in total. The normalized spacial score (nSPS) is 10.9. The lowest BCUT2D eigenvalue weighted by atomic mass is 10.1. The predicted molar refractivity (Wildman–Crippen MR) is 64.6 cm³/mol. The van der Waals surface area contributed by atoms with Gasteiger partial charge in [-0.3, -0.25) is 4.79 Å². The number of benzene rings is 1. The van der Waals surface area contributed by atoms with Gasteiger partial charge in [0.05, 0.1) is 10.0 Å². The molecule has 15 heavy (non-hydrogen) atoms. The van der Waals surface area contributed by atoms with Crippen molar-refractivity contribution in [1.82, 2.24) is 0 Å². The minimum Gasteiger partial charge on any atom is -0.294 e. The molecule has 1 aromatic carbocycles. The highest BCUT2D eigenvalue weighted by Gasteiger charge is 2.02. The van der Waals surface area contributed by atoms with Gasteiger partial charge in [-0.1, -0.05) is 42.3 Å². The Balaban J connectivity index is 2.69. The second kappa shape index (κ2) is 5.94. The summed E-state index contributed by atoms with van der Waals surface area (Å²) in [6.45, 7) is 1.99. The SMILES string of the molecule is CC/C=C/C(=O)Cc1ccc(Cl)c(Cl)c1. The van der Waals surface area contributed by atoms with E-state index in [-0.39, 0.29) is 5.78 Å². The molecule has 80 valence electrons. The van der Waals surface area contributed by atoms with Crippen molar-refractivity contribution in [2.45, 2.75) is 19.8 Å². The zero-order chi connectivity index (χ0) is 11.3. The van der Waals surface area contributed by atoms with Crippen LogP contribution in [0.3, 0.4) is 0 Å². The summed E-state index contributed by atoms with van der Waals surface area (Å²) in [5, 5.41) is 0.999. The average Bonchev–Trinajstić information content (AvgIpc) is 2.20. The van der Waals surface area contributed by atoms with E-state index in [1.807, 2.05) is 19.1 Å². The monoisotopic (exact) mass is 242 g/mol. The Morgan fingerprint density at radius 1 is 1.33 bits per heavy atom. The third-order valence-corrected chi connectivity index (χ3v) is 2.64. The van der Waals surface area contributed by atoms with Crippen LogP contribution in [0.2, 0.25) is 10.0 Å². The Morgan fingerprint density at radius 2 is 2.07 bits per heavy atom. The van der Waals surface area contributed by atoms with Gasteiger partial charge in [-0.25, -0.2) is 0 Å². The van der Waals surface area contributed by atoms with Crippen molar-refractivity contribution in [3.63, 3.8) is 0 Å². The number of carbonyl (C=O) groups is 1. The van der Waals surface area contributed by atoms with E-state index in [0.29, 0.717) is 16.5 Å². The van der Waals surface area contributed by atoms with Gasteiger partial charge in [0.15, 0.2) is 5.78 Å². The van der Waals surface area contributed by atoms with Crippen LogP contribution in [0.4, 0.5) is 0 Å². The van der Waals surface area contributed by atoms with Gasteiger partial charge in [0.2, 0.25) is 0 Å². The average molecular weight is 243 g/mol. The van der Waals surface area contributed by atoms with Crippen molar-refractivity contribution < 1.29 is 4.79 Å². The molecule has 1 rings (SSSR count). The summed E-state index contributed by atoms with van der Waals surface area (Å²) in [6, 6.07) is 5.24. The molecule has 0 heterocycles. The van der Waals surface area contributed by atoms with Crippen molar-refractivity contribution in [2.24, 2.45) is 0 Å². The van der Waals surface area contributed by atoms with Crippen LogP contribution >= 0.6 is 23.2 Å². The molecule has 0 atom stereocenters. The highest BCUT2D eigenvalue weighted by molar-refractivity contribution is 6.42. The zero-order valence-corrected chi connectivity index (χ0v) is 9.98. The molecule has 0 aromatic heterocycles. The van der Waals surface area contributed by atoms with Crippen molar-refractivity contribution in [2.75, 3.05) is 0 Å². The molecule has 0 unspecified atom stereocenters. The van der Waals surface area contributed by atoms with Crippen LogP contribution in [0.1, 0.15) is 18.9 Å². The molecule has 0 amide bonds. The number of ketones is 1. The fourth-order valence-corrected chi connectivity index (χ4v) is 1.48. The van der Waals surface area contributed by atoms with Gasteiger partial charge >= 0.3 is 0 Å². The third-order valence-electron chi connectivity index (χ3n) is 1.90. The lowest BCUT2D eigenvalue weighted by molar-refractivity contribution is -0.114. The molecule has 1 aromatic rings. The van der Waals surface area contributed by atoms with Crippen LogP contribution in [0.25, 0.3) is 0 Å². The van der Waals surface area contributed by atoms with Gasteiger partial charge in [-0.2, -0.15) is 0 Å². The highest BCUT2D eigenvalue weighted by atomic mass is 35.5. The van der Waals surface area contributed by atoms with Gasteiger partial charge < -0.3 is 0 Å². The molecule has 0 radical (unpaired) electrons. The number of carbonyl (C=O) groups excluding carboxylic acids is 1. The number of hydrogen-bond acceptors (Lipinski definition) is 1. The number of allylic oxidation sites excluding steroid dienone is 2. The Hall–Kier alpha value is -0.790. The van der Waals surface area contributed by atoms with Gasteiger partial charge in [-0.15, -0.1) is 0 Å². The van der Waals surface area contributed by atoms with Crippen molar-refractivity contribution in [3.05, 3.63) is 46.0 Å². The minimum absolute atomic E-state index is 0.0789. The van der Waals surface area contributed by atoms with Gasteiger partial charge in [-0.05, 0) is 30.2 Å². The minimum atomic E-state index is 0.0789. The van der Waals surface area contributed by atoms with E-state index >= 15 is 0 Å². The van der Waals surface area contributed by atoms with E-state index in [1.54, 1.807) is 18.2 Å². The highest BCUT2D eigenvalue weighted by Crippen LogP contribution is 2.22. The fourth-order valence-electron chi connectivity index (χ4n) is 1.16. The molecule has 3 heteroatoms. The molecule has 0 aliphatic rings. The molecule has 0 N–H and O–H groups in total. The first-order valence-corrected chi connectivity index (χ1v) is 5.52. The lowest BCUT2D eigenvalue weighted by Crippen LogP contribution is -1.98. The Bertz CT molecular complexity index is 383. The van der Waals surface area contributed by atoms with E-state index in [0.717, 1.165) is 12.0 Å². The van der Waals surface area contributed by atoms with Gasteiger partial charge in [0.1, 0.15) is 0 Å². The van der Waals surface area contributed by atoms with E-state index in [2.05, 4.69) is 0 Å². The summed E-state index contributed by atoms with van der Waals surface area (Å²) in [4.78, 5) is 11.4. The molecule has 0 spiro atoms. The Morgan fingerprint density at radius 3 is 2.67 bits per heavy atom. The Kier molecular flexibility index (Phi) is 4.86. The van der Waals surface area contributed by atoms with Crippen LogP contribution in [-0.2, 0) is 11.2 Å². The standard InChI is InChI=1S/C12H12Cl2O/c1-2-3-4-10(15)7-9-5-6-11(13)12(14)8-9/h3-6,8H,2,7H2,1H3/b4-3+. The molecular formula is C12H12Cl2O. The summed E-state index contributed by atoms with van der Waals surface area (Å²) in [5.41, 5.74) is 0.884. The van der Waals surface area contributed by atoms with Crippen LogP contribution in [0.5, 0.6) is 0 Å². The van der Waals surface area contributed by atoms with E-state index < -0.39 is 0 Å². The molecule has 0 aliphatic heterocycles. The molecule has 0 bridgehead atoms. The molecule has 0 fully saturated rings. The topological polar surface area (TPSA) is 17.1 Å². The zero-order valence-electron chi connectivity index (χ0n) is 8.47. The summed E-state index contributed by atoms with van der Waals surface area (Å²) in [6.07, 6.45) is 4.68. The Labute approximate surface area is 99.7 Å². The number of hydrogen-bond donors (Lipinski definition) is 0. The van der Waals surface area contributed by atoms with Gasteiger partial charge in [0.25, 0.3) is 0 Å². The van der Waals surface area contributed by atoms with Crippen molar-refractivity contribution >= 4 is 29.0 Å². The van der Waals surface area contributed by atoms with E-state index in [4.69, 9.17) is 23.2 Å². The second-order valence-corrected chi connectivity index (χ2v) is 4.02. The fraction of sp³-hybridized carbons (Fsp3) is 0.250. The van der Waals surface area contributed by atoms with Crippen LogP contribution < -0.4 is 0 Å². The molecule has 0 saturated carbocycles. The summed E-state index contributed by atoms with van der Waals surface area (Å²) in [7, 11) is 0. The maximum atomic E-state index is 11.4. The van der Waals surface area contributed by atoms with Crippen molar-refractivity contribution in [1.29, 1.82) is 0 Å². The first kappa shape index (κ1) is 12.3. The molecule has 0 saturated heterocycles. The lowest BCUT2D eigenvalue weighted by Gasteiger charge is -2.00. The first-order chi connectivity index (χ1) is 7.13. The second-order valence-electron chi connectivity index (χ2n) is 3.20. The van der Waals surface area contributed by atoms with Gasteiger partial charge in [0, 0.05) is 6.42 Å². The molecule has 0 aliphatic carbocycles. The predicted octanol–water partition coefficient (Wildman–Crippen LogP) is 4.07. The van der Waals surface area contributed by atoms with Crippen LogP contribution in [0, 0.1) is 0 Å². The number of halogens is 2. The summed E-state index contributed by atoms with van der Waals surface area (Å²) >= 11 is 11.6. The maximum Gasteiger partial charge on any atom is 0.159 e. The smallest absolute Gasteiger partial charge is 0.159 e. The van der Waals surface area contributed by atoms with Crippen LogP contribution in [-0.4, -0.2) is 5.78 Å². The maximum absolute atomic E-state index is 11.4. The largest absolute Gasteiger partial charge is 0.294 e. The summed E-state index contributed by atoms with van der Waals surface area (Å²) < 4.78 is 0. The van der Waals surface area contributed by atoms with E-state index in [1.165, 1.54) is 0 Å². The quantitative estimate of drug-likeness (QED) is 0.728. The number of rotatable bonds is 4.